The third-order valence-corrected chi connectivity index (χ3v) is 4.55. The van der Waals surface area contributed by atoms with Crippen LogP contribution < -0.4 is 10.2 Å². The number of nitrogens with zero attached hydrogens (tertiary/aromatic N) is 3. The van der Waals surface area contributed by atoms with Crippen LogP contribution in [0.25, 0.3) is 0 Å². The van der Waals surface area contributed by atoms with Gasteiger partial charge in [-0.15, -0.1) is 0 Å². The fourth-order valence-corrected chi connectivity index (χ4v) is 3.23. The van der Waals surface area contributed by atoms with E-state index >= 15 is 0 Å². The van der Waals surface area contributed by atoms with Gasteiger partial charge in [0.2, 0.25) is 0 Å². The van der Waals surface area contributed by atoms with Crippen LogP contribution in [0.5, 0.6) is 0 Å². The molecule has 2 aromatic carbocycles. The van der Waals surface area contributed by atoms with Gasteiger partial charge >= 0.3 is 0 Å². The molecule has 0 saturated carbocycles. The van der Waals surface area contributed by atoms with E-state index in [1.54, 1.807) is 0 Å². The van der Waals surface area contributed by atoms with Crippen molar-refractivity contribution in [3.05, 3.63) is 68.3 Å². The van der Waals surface area contributed by atoms with Crippen molar-refractivity contribution in [3.8, 4) is 0 Å². The van der Waals surface area contributed by atoms with Crippen LogP contribution in [0.1, 0.15) is 24.8 Å². The fourth-order valence-electron chi connectivity index (χ4n) is 3.23. The number of rotatable bonds is 6. The smallest absolute Gasteiger partial charge is 0.299 e. The van der Waals surface area contributed by atoms with Gasteiger partial charge in [0.15, 0.2) is 0 Å². The van der Waals surface area contributed by atoms with Crippen LogP contribution in [0.4, 0.5) is 22.7 Å². The maximum atomic E-state index is 11.3. The Labute approximate surface area is 150 Å². The maximum Gasteiger partial charge on any atom is 0.299 e. The van der Waals surface area contributed by atoms with E-state index in [9.17, 15) is 20.2 Å². The molecule has 0 amide bonds. The third-order valence-electron chi connectivity index (χ3n) is 4.55. The minimum Gasteiger partial charge on any atom is -0.375 e. The molecule has 0 aliphatic carbocycles. The van der Waals surface area contributed by atoms with Crippen LogP contribution in [0.3, 0.4) is 0 Å². The van der Waals surface area contributed by atoms with Gasteiger partial charge in [0.1, 0.15) is 5.69 Å². The molecule has 26 heavy (non-hydrogen) atoms. The molecule has 1 heterocycles. The first-order valence-corrected chi connectivity index (χ1v) is 8.56. The topological polar surface area (TPSA) is 102 Å². The second-order valence-electron chi connectivity index (χ2n) is 6.25. The predicted molar refractivity (Wildman–Crippen MR) is 99.6 cm³/mol. The monoisotopic (exact) mass is 356 g/mol. The molecule has 1 aliphatic rings. The van der Waals surface area contributed by atoms with Gasteiger partial charge in [-0.25, -0.2) is 0 Å². The molecule has 0 aromatic heterocycles. The van der Waals surface area contributed by atoms with Crippen molar-refractivity contribution in [2.75, 3.05) is 23.3 Å². The maximum absolute atomic E-state index is 11.3. The van der Waals surface area contributed by atoms with Crippen molar-refractivity contribution >= 4 is 22.7 Å². The Hall–Kier alpha value is -3.16. The molecule has 0 atom stereocenters. The predicted octanol–water partition coefficient (Wildman–Crippen LogP) is 4.11. The number of hydrogen-bond donors (Lipinski definition) is 1. The average molecular weight is 356 g/mol. The molecule has 136 valence electrons. The molecule has 8 nitrogen and oxygen atoms in total. The van der Waals surface area contributed by atoms with Gasteiger partial charge in [-0.3, -0.25) is 20.2 Å². The van der Waals surface area contributed by atoms with Crippen molar-refractivity contribution < 1.29 is 9.85 Å². The zero-order chi connectivity index (χ0) is 18.5. The SMILES string of the molecule is O=[N+]([O-])c1ccc(NCc2ccccc2N2CCCCC2)c([N+](=O)[O-])c1. The van der Waals surface area contributed by atoms with Gasteiger partial charge in [-0.2, -0.15) is 0 Å². The first-order valence-electron chi connectivity index (χ1n) is 8.56. The largest absolute Gasteiger partial charge is 0.375 e. The van der Waals surface area contributed by atoms with E-state index in [0.29, 0.717) is 6.54 Å². The first kappa shape index (κ1) is 17.7. The third kappa shape index (κ3) is 3.90. The quantitative estimate of drug-likeness (QED) is 0.617. The molecule has 8 heteroatoms. The van der Waals surface area contributed by atoms with E-state index in [4.69, 9.17) is 0 Å². The highest BCUT2D eigenvalue weighted by Crippen LogP contribution is 2.30. The normalized spacial score (nSPS) is 14.1. The molecule has 1 N–H and O–H groups in total. The van der Waals surface area contributed by atoms with Crippen molar-refractivity contribution in [3.63, 3.8) is 0 Å². The van der Waals surface area contributed by atoms with E-state index in [1.807, 2.05) is 18.2 Å². The molecule has 0 radical (unpaired) electrons. The number of anilines is 2. The second-order valence-corrected chi connectivity index (χ2v) is 6.25. The lowest BCUT2D eigenvalue weighted by molar-refractivity contribution is -0.393. The van der Waals surface area contributed by atoms with Crippen molar-refractivity contribution in [2.45, 2.75) is 25.8 Å². The molecule has 0 unspecified atom stereocenters. The summed E-state index contributed by atoms with van der Waals surface area (Å²) in [4.78, 5) is 23.2. The molecule has 3 rings (SSSR count). The van der Waals surface area contributed by atoms with Gasteiger partial charge in [0.25, 0.3) is 11.4 Å². The summed E-state index contributed by atoms with van der Waals surface area (Å²) in [5.41, 5.74) is 1.85. The second kappa shape index (κ2) is 7.81. The first-order chi connectivity index (χ1) is 12.6. The number of nitro benzene ring substituents is 2. The van der Waals surface area contributed by atoms with Crippen molar-refractivity contribution in [1.29, 1.82) is 0 Å². The van der Waals surface area contributed by atoms with E-state index < -0.39 is 9.85 Å². The van der Waals surface area contributed by atoms with E-state index in [-0.39, 0.29) is 17.1 Å². The summed E-state index contributed by atoms with van der Waals surface area (Å²) < 4.78 is 0. The van der Waals surface area contributed by atoms with E-state index in [0.717, 1.165) is 43.2 Å². The Balaban J connectivity index is 1.81. The molecule has 0 spiro atoms. The summed E-state index contributed by atoms with van der Waals surface area (Å²) in [7, 11) is 0. The molecule has 2 aromatic rings. The zero-order valence-corrected chi connectivity index (χ0v) is 14.3. The van der Waals surface area contributed by atoms with Gasteiger partial charge in [-0.1, -0.05) is 18.2 Å². The van der Waals surface area contributed by atoms with E-state index in [2.05, 4.69) is 16.3 Å². The van der Waals surface area contributed by atoms with Crippen LogP contribution in [-0.4, -0.2) is 22.9 Å². The lowest BCUT2D eigenvalue weighted by Crippen LogP contribution is -2.30. The molecular formula is C18H20N4O4. The number of nitro groups is 2. The number of benzene rings is 2. The number of piperidine rings is 1. The zero-order valence-electron chi connectivity index (χ0n) is 14.3. The Morgan fingerprint density at radius 3 is 2.38 bits per heavy atom. The molecule has 1 fully saturated rings. The molecule has 1 saturated heterocycles. The summed E-state index contributed by atoms with van der Waals surface area (Å²) in [5.74, 6) is 0. The highest BCUT2D eigenvalue weighted by molar-refractivity contribution is 5.66. The standard InChI is InChI=1S/C18H20N4O4/c23-21(24)15-8-9-16(18(12-15)22(25)26)19-13-14-6-2-3-7-17(14)20-10-4-1-5-11-20/h2-3,6-9,12,19H,1,4-5,10-11,13H2. The molecule has 0 bridgehead atoms. The fraction of sp³-hybridized carbons (Fsp3) is 0.333. The van der Waals surface area contributed by atoms with Crippen LogP contribution in [0, 0.1) is 20.2 Å². The van der Waals surface area contributed by atoms with E-state index in [1.165, 1.54) is 18.6 Å². The Kier molecular flexibility index (Phi) is 5.31. The number of para-hydroxylation sites is 1. The van der Waals surface area contributed by atoms with Crippen LogP contribution >= 0.6 is 0 Å². The van der Waals surface area contributed by atoms with Crippen molar-refractivity contribution in [2.24, 2.45) is 0 Å². The molecular weight excluding hydrogens is 336 g/mol. The Bertz CT molecular complexity index is 819. The highest BCUT2D eigenvalue weighted by atomic mass is 16.6. The Morgan fingerprint density at radius 1 is 0.962 bits per heavy atom. The van der Waals surface area contributed by atoms with Crippen LogP contribution in [0.2, 0.25) is 0 Å². The minimum atomic E-state index is -0.636. The molecule has 1 aliphatic heterocycles. The summed E-state index contributed by atoms with van der Waals surface area (Å²) in [5, 5.41) is 25.2. The Morgan fingerprint density at radius 2 is 1.69 bits per heavy atom. The number of hydrogen-bond acceptors (Lipinski definition) is 6. The summed E-state index contributed by atoms with van der Waals surface area (Å²) in [6.07, 6.45) is 3.57. The lowest BCUT2D eigenvalue weighted by Gasteiger charge is -2.30. The summed E-state index contributed by atoms with van der Waals surface area (Å²) >= 11 is 0. The summed E-state index contributed by atoms with van der Waals surface area (Å²) in [6, 6.07) is 11.6. The number of non-ortho nitro benzene ring substituents is 1. The van der Waals surface area contributed by atoms with Gasteiger partial charge in [0.05, 0.1) is 15.9 Å². The van der Waals surface area contributed by atoms with Gasteiger partial charge in [-0.05, 0) is 37.0 Å². The number of nitrogens with one attached hydrogen (secondary N) is 1. The minimum absolute atomic E-state index is 0.272. The van der Waals surface area contributed by atoms with Gasteiger partial charge < -0.3 is 10.2 Å². The average Bonchev–Trinajstić information content (AvgIpc) is 2.67. The lowest BCUT2D eigenvalue weighted by atomic mass is 10.1. The van der Waals surface area contributed by atoms with Crippen LogP contribution in [-0.2, 0) is 6.54 Å². The van der Waals surface area contributed by atoms with Crippen molar-refractivity contribution in [1.82, 2.24) is 0 Å². The summed E-state index contributed by atoms with van der Waals surface area (Å²) in [6.45, 7) is 2.43. The highest BCUT2D eigenvalue weighted by Gasteiger charge is 2.20. The van der Waals surface area contributed by atoms with Gasteiger partial charge in [0, 0.05) is 31.4 Å². The van der Waals surface area contributed by atoms with Crippen LogP contribution in [0.15, 0.2) is 42.5 Å².